The number of nitrogens with zero attached hydrogens (tertiary/aromatic N) is 2. The van der Waals surface area contributed by atoms with Gasteiger partial charge in [0.05, 0.1) is 18.4 Å². The van der Waals surface area contributed by atoms with Gasteiger partial charge in [-0.25, -0.2) is 13.6 Å². The van der Waals surface area contributed by atoms with Gasteiger partial charge in [-0.1, -0.05) is 6.07 Å². The standard InChI is InChI=1S/C13H13F2N3O2/c1-7-3-4-9(14)12(11(7)15)16-6-10-8(13(19)20)5-17-18(10)2/h3-5,16H,6H2,1-2H3,(H,19,20). The third-order valence-electron chi connectivity index (χ3n) is 3.01. The molecule has 1 heterocycles. The smallest absolute Gasteiger partial charge is 0.339 e. The van der Waals surface area contributed by atoms with Crippen molar-refractivity contribution in [2.75, 3.05) is 5.32 Å². The molecule has 7 heteroatoms. The number of carboxylic acid groups (broad SMARTS) is 1. The molecule has 0 bridgehead atoms. The van der Waals surface area contributed by atoms with Gasteiger partial charge >= 0.3 is 5.97 Å². The summed E-state index contributed by atoms with van der Waals surface area (Å²) in [5.41, 5.74) is 0.353. The van der Waals surface area contributed by atoms with Gasteiger partial charge in [-0.2, -0.15) is 5.10 Å². The first kappa shape index (κ1) is 14.0. The van der Waals surface area contributed by atoms with Gasteiger partial charge in [0.1, 0.15) is 17.1 Å². The number of aromatic carboxylic acids is 1. The minimum Gasteiger partial charge on any atom is -0.478 e. The second kappa shape index (κ2) is 5.28. The first-order valence-electron chi connectivity index (χ1n) is 5.84. The molecule has 20 heavy (non-hydrogen) atoms. The normalized spacial score (nSPS) is 10.6. The lowest BCUT2D eigenvalue weighted by atomic mass is 10.2. The van der Waals surface area contributed by atoms with Crippen LogP contribution >= 0.6 is 0 Å². The number of carbonyl (C=O) groups is 1. The third-order valence-corrected chi connectivity index (χ3v) is 3.01. The molecule has 0 radical (unpaired) electrons. The highest BCUT2D eigenvalue weighted by molar-refractivity contribution is 5.88. The summed E-state index contributed by atoms with van der Waals surface area (Å²) in [7, 11) is 1.56. The minimum absolute atomic E-state index is 0.00605. The Morgan fingerprint density at radius 3 is 2.80 bits per heavy atom. The fourth-order valence-corrected chi connectivity index (χ4v) is 1.84. The number of carboxylic acids is 1. The summed E-state index contributed by atoms with van der Waals surface area (Å²) in [5, 5.41) is 15.4. The quantitative estimate of drug-likeness (QED) is 0.902. The molecule has 1 aromatic heterocycles. The lowest BCUT2D eigenvalue weighted by Gasteiger charge is -2.11. The van der Waals surface area contributed by atoms with Crippen molar-refractivity contribution in [3.05, 3.63) is 46.8 Å². The molecule has 0 atom stereocenters. The average molecular weight is 281 g/mol. The third kappa shape index (κ3) is 2.47. The Bertz CT molecular complexity index is 668. The molecule has 2 rings (SSSR count). The lowest BCUT2D eigenvalue weighted by molar-refractivity contribution is 0.0695. The van der Waals surface area contributed by atoms with Crippen molar-refractivity contribution in [1.29, 1.82) is 0 Å². The van der Waals surface area contributed by atoms with E-state index in [0.717, 1.165) is 6.07 Å². The molecule has 0 amide bonds. The van der Waals surface area contributed by atoms with Gasteiger partial charge in [0, 0.05) is 7.05 Å². The molecule has 0 unspecified atom stereocenters. The van der Waals surface area contributed by atoms with Gasteiger partial charge in [-0.3, -0.25) is 4.68 Å². The summed E-state index contributed by atoms with van der Waals surface area (Å²) < 4.78 is 28.7. The number of hydrogen-bond acceptors (Lipinski definition) is 3. The number of benzene rings is 1. The van der Waals surface area contributed by atoms with Crippen LogP contribution in [-0.4, -0.2) is 20.9 Å². The highest BCUT2D eigenvalue weighted by Crippen LogP contribution is 2.22. The van der Waals surface area contributed by atoms with Gasteiger partial charge in [0.15, 0.2) is 5.82 Å². The maximum Gasteiger partial charge on any atom is 0.339 e. The summed E-state index contributed by atoms with van der Waals surface area (Å²) in [6.07, 6.45) is 1.20. The van der Waals surface area contributed by atoms with Gasteiger partial charge in [0.25, 0.3) is 0 Å². The summed E-state index contributed by atoms with van der Waals surface area (Å²) in [5.74, 6) is -2.56. The van der Waals surface area contributed by atoms with E-state index < -0.39 is 17.6 Å². The average Bonchev–Trinajstić information content (AvgIpc) is 2.76. The molecule has 0 aliphatic heterocycles. The fourth-order valence-electron chi connectivity index (χ4n) is 1.84. The Labute approximate surface area is 113 Å². The summed E-state index contributed by atoms with van der Waals surface area (Å²) in [6, 6.07) is 2.49. The molecule has 0 aliphatic rings. The zero-order valence-corrected chi connectivity index (χ0v) is 10.9. The number of rotatable bonds is 4. The highest BCUT2D eigenvalue weighted by Gasteiger charge is 2.17. The van der Waals surface area contributed by atoms with Crippen molar-refractivity contribution >= 4 is 11.7 Å². The summed E-state index contributed by atoms with van der Waals surface area (Å²) in [4.78, 5) is 11.0. The number of hydrogen-bond donors (Lipinski definition) is 2. The second-order valence-electron chi connectivity index (χ2n) is 4.34. The van der Waals surface area contributed by atoms with Crippen molar-refractivity contribution in [2.24, 2.45) is 7.05 Å². The van der Waals surface area contributed by atoms with Crippen molar-refractivity contribution in [2.45, 2.75) is 13.5 Å². The number of aromatic nitrogens is 2. The van der Waals surface area contributed by atoms with Crippen LogP contribution in [0.3, 0.4) is 0 Å². The zero-order valence-electron chi connectivity index (χ0n) is 10.9. The second-order valence-corrected chi connectivity index (χ2v) is 4.34. The van der Waals surface area contributed by atoms with Crippen LogP contribution < -0.4 is 5.32 Å². The molecule has 5 nitrogen and oxygen atoms in total. The number of aryl methyl sites for hydroxylation is 2. The van der Waals surface area contributed by atoms with E-state index in [0.29, 0.717) is 11.3 Å². The number of anilines is 1. The highest BCUT2D eigenvalue weighted by atomic mass is 19.1. The van der Waals surface area contributed by atoms with Crippen LogP contribution in [0, 0.1) is 18.6 Å². The Kier molecular flexibility index (Phi) is 3.69. The predicted octanol–water partition coefficient (Wildman–Crippen LogP) is 2.32. The molecule has 0 saturated carbocycles. The number of nitrogens with one attached hydrogen (secondary N) is 1. The first-order chi connectivity index (χ1) is 9.41. The molecule has 2 aromatic rings. The van der Waals surface area contributed by atoms with Crippen LogP contribution in [0.1, 0.15) is 21.6 Å². The van der Waals surface area contributed by atoms with E-state index in [-0.39, 0.29) is 17.8 Å². The molecule has 106 valence electrons. The van der Waals surface area contributed by atoms with Gasteiger partial charge in [-0.15, -0.1) is 0 Å². The molecule has 1 aromatic carbocycles. The molecule has 0 aliphatic carbocycles. The summed E-state index contributed by atoms with van der Waals surface area (Å²) in [6.45, 7) is 1.47. The predicted molar refractivity (Wildman–Crippen MR) is 68.6 cm³/mol. The van der Waals surface area contributed by atoms with Crippen LogP contribution in [0.15, 0.2) is 18.3 Å². The van der Waals surface area contributed by atoms with Gasteiger partial charge < -0.3 is 10.4 Å². The SMILES string of the molecule is Cc1ccc(F)c(NCc2c(C(=O)O)cnn2C)c1F. The maximum absolute atomic E-state index is 13.8. The van der Waals surface area contributed by atoms with E-state index in [4.69, 9.17) is 5.11 Å². The Morgan fingerprint density at radius 2 is 2.15 bits per heavy atom. The Hall–Kier alpha value is -2.44. The van der Waals surface area contributed by atoms with Crippen LogP contribution in [0.5, 0.6) is 0 Å². The van der Waals surface area contributed by atoms with E-state index in [9.17, 15) is 13.6 Å². The van der Waals surface area contributed by atoms with Crippen LogP contribution in [0.25, 0.3) is 0 Å². The van der Waals surface area contributed by atoms with Crippen molar-refractivity contribution in [3.8, 4) is 0 Å². The van der Waals surface area contributed by atoms with E-state index in [1.165, 1.54) is 23.9 Å². The topological polar surface area (TPSA) is 67.2 Å². The first-order valence-corrected chi connectivity index (χ1v) is 5.84. The molecular weight excluding hydrogens is 268 g/mol. The largest absolute Gasteiger partial charge is 0.478 e. The molecule has 2 N–H and O–H groups in total. The van der Waals surface area contributed by atoms with Gasteiger partial charge in [0.2, 0.25) is 0 Å². The molecule has 0 spiro atoms. The lowest BCUT2D eigenvalue weighted by Crippen LogP contribution is -2.12. The summed E-state index contributed by atoms with van der Waals surface area (Å²) >= 11 is 0. The van der Waals surface area contributed by atoms with E-state index >= 15 is 0 Å². The van der Waals surface area contributed by atoms with E-state index in [1.54, 1.807) is 7.05 Å². The van der Waals surface area contributed by atoms with E-state index in [2.05, 4.69) is 10.4 Å². The molecular formula is C13H13F2N3O2. The van der Waals surface area contributed by atoms with Crippen LogP contribution in [-0.2, 0) is 13.6 Å². The van der Waals surface area contributed by atoms with E-state index in [1.807, 2.05) is 0 Å². The number of halogens is 2. The maximum atomic E-state index is 13.8. The molecule has 0 fully saturated rings. The van der Waals surface area contributed by atoms with Crippen molar-refractivity contribution < 1.29 is 18.7 Å². The Balaban J connectivity index is 2.28. The van der Waals surface area contributed by atoms with Crippen LogP contribution in [0.2, 0.25) is 0 Å². The zero-order chi connectivity index (χ0) is 14.9. The fraction of sp³-hybridized carbons (Fsp3) is 0.231. The monoisotopic (exact) mass is 281 g/mol. The Morgan fingerprint density at radius 1 is 1.45 bits per heavy atom. The van der Waals surface area contributed by atoms with Crippen LogP contribution in [0.4, 0.5) is 14.5 Å². The van der Waals surface area contributed by atoms with Crippen molar-refractivity contribution in [3.63, 3.8) is 0 Å². The van der Waals surface area contributed by atoms with Crippen molar-refractivity contribution in [1.82, 2.24) is 9.78 Å². The minimum atomic E-state index is -1.14. The van der Waals surface area contributed by atoms with Gasteiger partial charge in [-0.05, 0) is 18.6 Å². The molecule has 0 saturated heterocycles.